The highest BCUT2D eigenvalue weighted by atomic mass is 35.5. The zero-order chi connectivity index (χ0) is 13.3. The van der Waals surface area contributed by atoms with Gasteiger partial charge in [-0.25, -0.2) is 0 Å². The standard InChI is InChI=1S/C14H18Cl2O2/c1-8(9-4-5-9)12(15)10-6-7-11(17-2)13(16)14(10)18-3/h6-9,12H,4-5H2,1-3H3. The third kappa shape index (κ3) is 2.55. The number of rotatable bonds is 5. The van der Waals surface area contributed by atoms with E-state index in [0.717, 1.165) is 11.5 Å². The third-order valence-corrected chi connectivity index (χ3v) is 4.63. The number of halogens is 2. The fourth-order valence-electron chi connectivity index (χ4n) is 2.28. The Morgan fingerprint density at radius 2 is 1.89 bits per heavy atom. The molecule has 0 amide bonds. The van der Waals surface area contributed by atoms with E-state index in [2.05, 4.69) is 6.92 Å². The molecule has 100 valence electrons. The van der Waals surface area contributed by atoms with Crippen LogP contribution < -0.4 is 9.47 Å². The molecule has 0 aliphatic heterocycles. The van der Waals surface area contributed by atoms with Crippen LogP contribution in [0.4, 0.5) is 0 Å². The normalized spacial score (nSPS) is 18.3. The molecule has 1 fully saturated rings. The first kappa shape index (κ1) is 13.8. The summed E-state index contributed by atoms with van der Waals surface area (Å²) in [6.07, 6.45) is 2.55. The van der Waals surface area contributed by atoms with Crippen molar-refractivity contribution in [1.29, 1.82) is 0 Å². The van der Waals surface area contributed by atoms with Gasteiger partial charge in [-0.3, -0.25) is 0 Å². The molecular formula is C14H18Cl2O2. The molecule has 2 atom stereocenters. The lowest BCUT2D eigenvalue weighted by atomic mass is 9.95. The molecule has 1 aliphatic carbocycles. The topological polar surface area (TPSA) is 18.5 Å². The van der Waals surface area contributed by atoms with E-state index in [1.165, 1.54) is 12.8 Å². The van der Waals surface area contributed by atoms with Gasteiger partial charge in [-0.05, 0) is 30.7 Å². The average molecular weight is 289 g/mol. The van der Waals surface area contributed by atoms with Crippen molar-refractivity contribution in [2.75, 3.05) is 14.2 Å². The van der Waals surface area contributed by atoms with Crippen LogP contribution in [0.1, 0.15) is 30.7 Å². The molecule has 0 bridgehead atoms. The molecule has 0 N–H and O–H groups in total. The average Bonchev–Trinajstić information content (AvgIpc) is 3.20. The Bertz CT molecular complexity index is 430. The quantitative estimate of drug-likeness (QED) is 0.732. The molecule has 0 spiro atoms. The van der Waals surface area contributed by atoms with Crippen LogP contribution in [-0.2, 0) is 0 Å². The zero-order valence-corrected chi connectivity index (χ0v) is 12.4. The van der Waals surface area contributed by atoms with Crippen molar-refractivity contribution in [2.45, 2.75) is 25.1 Å². The summed E-state index contributed by atoms with van der Waals surface area (Å²) in [5.74, 6) is 2.41. The summed E-state index contributed by atoms with van der Waals surface area (Å²) in [6, 6.07) is 3.79. The zero-order valence-electron chi connectivity index (χ0n) is 10.9. The van der Waals surface area contributed by atoms with E-state index in [1.807, 2.05) is 12.1 Å². The Balaban J connectivity index is 2.34. The van der Waals surface area contributed by atoms with Crippen molar-refractivity contribution >= 4 is 23.2 Å². The van der Waals surface area contributed by atoms with E-state index >= 15 is 0 Å². The minimum Gasteiger partial charge on any atom is -0.495 e. The van der Waals surface area contributed by atoms with Crippen LogP contribution in [0.25, 0.3) is 0 Å². The minimum absolute atomic E-state index is 0.0733. The van der Waals surface area contributed by atoms with Gasteiger partial charge in [0.1, 0.15) is 16.5 Å². The number of benzene rings is 1. The van der Waals surface area contributed by atoms with Crippen LogP contribution in [-0.4, -0.2) is 14.2 Å². The van der Waals surface area contributed by atoms with Crippen molar-refractivity contribution in [3.05, 3.63) is 22.7 Å². The summed E-state index contributed by atoms with van der Waals surface area (Å²) < 4.78 is 10.6. The third-order valence-electron chi connectivity index (χ3n) is 3.64. The van der Waals surface area contributed by atoms with E-state index in [4.69, 9.17) is 32.7 Å². The predicted molar refractivity (Wildman–Crippen MR) is 75.0 cm³/mol. The Morgan fingerprint density at radius 3 is 2.39 bits per heavy atom. The predicted octanol–water partition coefficient (Wildman–Crippen LogP) is 4.68. The fourth-order valence-corrected chi connectivity index (χ4v) is 2.98. The van der Waals surface area contributed by atoms with Gasteiger partial charge in [-0.1, -0.05) is 24.6 Å². The molecule has 0 saturated heterocycles. The van der Waals surface area contributed by atoms with Crippen molar-refractivity contribution in [2.24, 2.45) is 11.8 Å². The molecule has 18 heavy (non-hydrogen) atoms. The van der Waals surface area contributed by atoms with Gasteiger partial charge in [0.2, 0.25) is 0 Å². The second-order valence-electron chi connectivity index (χ2n) is 4.80. The van der Waals surface area contributed by atoms with Crippen LogP contribution in [0.5, 0.6) is 11.5 Å². The van der Waals surface area contributed by atoms with Gasteiger partial charge in [0.05, 0.1) is 19.6 Å². The van der Waals surface area contributed by atoms with E-state index < -0.39 is 0 Å². The Labute approximate surface area is 118 Å². The largest absolute Gasteiger partial charge is 0.495 e. The van der Waals surface area contributed by atoms with Crippen LogP contribution in [0.2, 0.25) is 5.02 Å². The van der Waals surface area contributed by atoms with E-state index in [0.29, 0.717) is 22.4 Å². The molecular weight excluding hydrogens is 271 g/mol. The Kier molecular flexibility index (Phi) is 4.29. The van der Waals surface area contributed by atoms with Crippen molar-refractivity contribution in [3.8, 4) is 11.5 Å². The molecule has 2 nitrogen and oxygen atoms in total. The van der Waals surface area contributed by atoms with Gasteiger partial charge in [-0.15, -0.1) is 11.6 Å². The molecule has 0 aromatic heterocycles. The van der Waals surface area contributed by atoms with Gasteiger partial charge >= 0.3 is 0 Å². The Morgan fingerprint density at radius 1 is 1.22 bits per heavy atom. The number of hydrogen-bond donors (Lipinski definition) is 0. The number of hydrogen-bond acceptors (Lipinski definition) is 2. The summed E-state index contributed by atoms with van der Waals surface area (Å²) >= 11 is 12.8. The molecule has 1 aliphatic rings. The van der Waals surface area contributed by atoms with Crippen LogP contribution in [0, 0.1) is 11.8 Å². The number of methoxy groups -OCH3 is 2. The smallest absolute Gasteiger partial charge is 0.145 e. The first-order chi connectivity index (χ1) is 8.60. The molecule has 1 aromatic carbocycles. The van der Waals surface area contributed by atoms with Crippen LogP contribution in [0.3, 0.4) is 0 Å². The Hall–Kier alpha value is -0.600. The van der Waals surface area contributed by atoms with Gasteiger partial charge in [0.15, 0.2) is 0 Å². The van der Waals surface area contributed by atoms with Crippen LogP contribution >= 0.6 is 23.2 Å². The SMILES string of the molecule is COc1ccc(C(Cl)C(C)C2CC2)c(OC)c1Cl. The van der Waals surface area contributed by atoms with Gasteiger partial charge in [-0.2, -0.15) is 0 Å². The lowest BCUT2D eigenvalue weighted by molar-refractivity contribution is 0.385. The van der Waals surface area contributed by atoms with Crippen LogP contribution in [0.15, 0.2) is 12.1 Å². The maximum Gasteiger partial charge on any atom is 0.145 e. The highest BCUT2D eigenvalue weighted by Gasteiger charge is 2.34. The van der Waals surface area contributed by atoms with Gasteiger partial charge in [0.25, 0.3) is 0 Å². The first-order valence-electron chi connectivity index (χ1n) is 6.14. The molecule has 0 radical (unpaired) electrons. The maximum atomic E-state index is 6.56. The van der Waals surface area contributed by atoms with Gasteiger partial charge < -0.3 is 9.47 Å². The molecule has 0 heterocycles. The number of ether oxygens (including phenoxy) is 2. The van der Waals surface area contributed by atoms with Gasteiger partial charge in [0, 0.05) is 5.56 Å². The van der Waals surface area contributed by atoms with Crippen molar-refractivity contribution in [3.63, 3.8) is 0 Å². The second-order valence-corrected chi connectivity index (χ2v) is 5.65. The highest BCUT2D eigenvalue weighted by molar-refractivity contribution is 6.34. The molecule has 1 saturated carbocycles. The number of alkyl halides is 1. The summed E-state index contributed by atoms with van der Waals surface area (Å²) in [7, 11) is 3.20. The molecule has 2 unspecified atom stereocenters. The summed E-state index contributed by atoms with van der Waals surface area (Å²) in [4.78, 5) is 0. The fraction of sp³-hybridized carbons (Fsp3) is 0.571. The minimum atomic E-state index is -0.0733. The van der Waals surface area contributed by atoms with Crippen molar-refractivity contribution in [1.82, 2.24) is 0 Å². The molecule has 1 aromatic rings. The van der Waals surface area contributed by atoms with Crippen molar-refractivity contribution < 1.29 is 9.47 Å². The van der Waals surface area contributed by atoms with E-state index in [1.54, 1.807) is 14.2 Å². The summed E-state index contributed by atoms with van der Waals surface area (Å²) in [5.41, 5.74) is 0.948. The lowest BCUT2D eigenvalue weighted by Gasteiger charge is -2.21. The van der Waals surface area contributed by atoms with E-state index in [9.17, 15) is 0 Å². The molecule has 4 heteroatoms. The summed E-state index contributed by atoms with van der Waals surface area (Å²) in [5, 5.41) is 0.419. The van der Waals surface area contributed by atoms with E-state index in [-0.39, 0.29) is 5.38 Å². The monoisotopic (exact) mass is 288 g/mol. The second kappa shape index (κ2) is 5.58. The first-order valence-corrected chi connectivity index (χ1v) is 6.96. The maximum absolute atomic E-state index is 6.56. The summed E-state index contributed by atoms with van der Waals surface area (Å²) in [6.45, 7) is 2.19. The lowest BCUT2D eigenvalue weighted by Crippen LogP contribution is -2.08. The molecule has 2 rings (SSSR count). The highest BCUT2D eigenvalue weighted by Crippen LogP contribution is 2.49.